The smallest absolute Gasteiger partial charge is 0.271 e. The van der Waals surface area contributed by atoms with E-state index < -0.39 is 10.0 Å². The van der Waals surface area contributed by atoms with Gasteiger partial charge in [-0.25, -0.2) is 8.42 Å². The van der Waals surface area contributed by atoms with Crippen LogP contribution in [0, 0.1) is 0 Å². The fourth-order valence-electron chi connectivity index (χ4n) is 1.65. The second-order valence-electron chi connectivity index (χ2n) is 4.14. The van der Waals surface area contributed by atoms with Crippen molar-refractivity contribution in [2.75, 3.05) is 18.9 Å². The van der Waals surface area contributed by atoms with E-state index in [4.69, 9.17) is 14.6 Å². The minimum atomic E-state index is -3.71. The van der Waals surface area contributed by atoms with Crippen LogP contribution >= 0.6 is 11.3 Å². The average molecular weight is 329 g/mol. The summed E-state index contributed by atoms with van der Waals surface area (Å²) >= 11 is 1.05. The largest absolute Gasteiger partial charge is 0.497 e. The maximum atomic E-state index is 12.3. The summed E-state index contributed by atoms with van der Waals surface area (Å²) in [5.41, 5.74) is 0.897. The highest BCUT2D eigenvalue weighted by molar-refractivity contribution is 7.94. The van der Waals surface area contributed by atoms with E-state index in [0.29, 0.717) is 22.7 Å². The van der Waals surface area contributed by atoms with Crippen LogP contribution in [0.15, 0.2) is 33.9 Å². The molecule has 0 atom stereocenters. The standard InChI is InChI=1S/C13H15NO5S2/c1-18-11-4-10(5-12(6-11)19-2)14-21(16,17)13-3-9(7-15)8-20-13/h3-6,8,14-15H,7H2,1-2H3. The van der Waals surface area contributed by atoms with Gasteiger partial charge in [-0.05, 0) is 17.0 Å². The third-order valence-electron chi connectivity index (χ3n) is 2.68. The molecule has 2 aromatic rings. The summed E-state index contributed by atoms with van der Waals surface area (Å²) in [5, 5.41) is 10.6. The van der Waals surface area contributed by atoms with Gasteiger partial charge >= 0.3 is 0 Å². The van der Waals surface area contributed by atoms with Crippen LogP contribution in [0.2, 0.25) is 0 Å². The number of anilines is 1. The molecule has 0 saturated heterocycles. The molecule has 1 aromatic carbocycles. The Morgan fingerprint density at radius 3 is 2.24 bits per heavy atom. The van der Waals surface area contributed by atoms with Crippen LogP contribution in [-0.2, 0) is 16.6 Å². The fourth-order valence-corrected chi connectivity index (χ4v) is 3.89. The van der Waals surface area contributed by atoms with Crippen LogP contribution in [-0.4, -0.2) is 27.7 Å². The predicted octanol–water partition coefficient (Wildman–Crippen LogP) is 2.06. The summed E-state index contributed by atoms with van der Waals surface area (Å²) in [6, 6.07) is 6.19. The van der Waals surface area contributed by atoms with Crippen LogP contribution in [0.4, 0.5) is 5.69 Å². The monoisotopic (exact) mass is 329 g/mol. The molecule has 1 heterocycles. The summed E-state index contributed by atoms with van der Waals surface area (Å²) in [4.78, 5) is 0. The topological polar surface area (TPSA) is 84.9 Å². The molecule has 0 radical (unpaired) electrons. The molecule has 0 saturated carbocycles. The summed E-state index contributed by atoms with van der Waals surface area (Å²) in [5.74, 6) is 0.962. The van der Waals surface area contributed by atoms with Crippen molar-refractivity contribution in [3.8, 4) is 11.5 Å². The normalized spacial score (nSPS) is 11.2. The summed E-state index contributed by atoms with van der Waals surface area (Å²) in [7, 11) is -0.734. The highest BCUT2D eigenvalue weighted by atomic mass is 32.2. The summed E-state index contributed by atoms with van der Waals surface area (Å²) in [6.07, 6.45) is 0. The first-order chi connectivity index (χ1) is 9.98. The van der Waals surface area contributed by atoms with Crippen LogP contribution < -0.4 is 14.2 Å². The van der Waals surface area contributed by atoms with Crippen molar-refractivity contribution >= 4 is 27.0 Å². The van der Waals surface area contributed by atoms with Crippen molar-refractivity contribution in [2.24, 2.45) is 0 Å². The van der Waals surface area contributed by atoms with Gasteiger partial charge in [-0.2, -0.15) is 0 Å². The van der Waals surface area contributed by atoms with E-state index in [2.05, 4.69) is 4.72 Å². The molecule has 0 bridgehead atoms. The van der Waals surface area contributed by atoms with Crippen molar-refractivity contribution in [2.45, 2.75) is 10.8 Å². The van der Waals surface area contributed by atoms with Gasteiger partial charge < -0.3 is 14.6 Å². The summed E-state index contributed by atoms with van der Waals surface area (Å²) in [6.45, 7) is -0.195. The molecule has 2 rings (SSSR count). The van der Waals surface area contributed by atoms with E-state index in [9.17, 15) is 8.42 Å². The number of hydrogen-bond donors (Lipinski definition) is 2. The van der Waals surface area contributed by atoms with Gasteiger partial charge in [0.2, 0.25) is 0 Å². The molecule has 114 valence electrons. The van der Waals surface area contributed by atoms with Gasteiger partial charge in [0.05, 0.1) is 26.5 Å². The number of sulfonamides is 1. The van der Waals surface area contributed by atoms with E-state index in [-0.39, 0.29) is 10.8 Å². The molecule has 0 aliphatic rings. The van der Waals surface area contributed by atoms with Crippen LogP contribution in [0.5, 0.6) is 11.5 Å². The van der Waals surface area contributed by atoms with E-state index in [1.54, 1.807) is 23.6 Å². The quantitative estimate of drug-likeness (QED) is 0.847. The number of aliphatic hydroxyl groups excluding tert-OH is 1. The van der Waals surface area contributed by atoms with Crippen LogP contribution in [0.25, 0.3) is 0 Å². The molecule has 0 unspecified atom stereocenters. The molecular formula is C13H15NO5S2. The lowest BCUT2D eigenvalue weighted by atomic mass is 10.3. The Hall–Kier alpha value is -1.77. The molecule has 0 spiro atoms. The average Bonchev–Trinajstić information content (AvgIpc) is 2.96. The number of ether oxygens (including phenoxy) is 2. The maximum Gasteiger partial charge on any atom is 0.271 e. The second kappa shape index (κ2) is 6.33. The number of methoxy groups -OCH3 is 2. The van der Waals surface area contributed by atoms with Gasteiger partial charge in [-0.1, -0.05) is 0 Å². The molecule has 0 amide bonds. The molecule has 8 heteroatoms. The van der Waals surface area contributed by atoms with Crippen molar-refractivity contribution in [3.05, 3.63) is 35.2 Å². The minimum absolute atomic E-state index is 0.133. The van der Waals surface area contributed by atoms with Crippen molar-refractivity contribution < 1.29 is 23.0 Å². The van der Waals surface area contributed by atoms with E-state index in [0.717, 1.165) is 11.3 Å². The zero-order chi connectivity index (χ0) is 15.5. The molecule has 0 aliphatic heterocycles. The first-order valence-electron chi connectivity index (χ1n) is 5.92. The minimum Gasteiger partial charge on any atom is -0.497 e. The van der Waals surface area contributed by atoms with Gasteiger partial charge in [-0.3, -0.25) is 4.72 Å². The van der Waals surface area contributed by atoms with Crippen molar-refractivity contribution in [1.29, 1.82) is 0 Å². The lowest BCUT2D eigenvalue weighted by molar-refractivity contribution is 0.282. The Morgan fingerprint density at radius 2 is 1.76 bits per heavy atom. The zero-order valence-corrected chi connectivity index (χ0v) is 13.1. The summed E-state index contributed by atoms with van der Waals surface area (Å²) < 4.78 is 37.3. The zero-order valence-electron chi connectivity index (χ0n) is 11.5. The number of hydrogen-bond acceptors (Lipinski definition) is 6. The van der Waals surface area contributed by atoms with Crippen molar-refractivity contribution in [3.63, 3.8) is 0 Å². The highest BCUT2D eigenvalue weighted by Crippen LogP contribution is 2.29. The van der Waals surface area contributed by atoms with E-state index >= 15 is 0 Å². The Labute approximate surface area is 127 Å². The molecule has 21 heavy (non-hydrogen) atoms. The maximum absolute atomic E-state index is 12.3. The first kappa shape index (κ1) is 15.6. The van der Waals surface area contributed by atoms with Gasteiger partial charge in [0, 0.05) is 18.2 Å². The Morgan fingerprint density at radius 1 is 1.14 bits per heavy atom. The number of thiophene rings is 1. The molecule has 0 aliphatic carbocycles. The van der Waals surface area contributed by atoms with Gasteiger partial charge in [0.25, 0.3) is 10.0 Å². The Kier molecular flexibility index (Phi) is 4.71. The molecule has 6 nitrogen and oxygen atoms in total. The number of rotatable bonds is 6. The number of benzene rings is 1. The molecule has 0 fully saturated rings. The van der Waals surface area contributed by atoms with Crippen LogP contribution in [0.1, 0.15) is 5.56 Å². The first-order valence-corrected chi connectivity index (χ1v) is 8.29. The van der Waals surface area contributed by atoms with E-state index in [1.165, 1.54) is 20.3 Å². The lowest BCUT2D eigenvalue weighted by Gasteiger charge is -2.10. The molecule has 2 N–H and O–H groups in total. The highest BCUT2D eigenvalue weighted by Gasteiger charge is 2.17. The van der Waals surface area contributed by atoms with Crippen molar-refractivity contribution in [1.82, 2.24) is 0 Å². The predicted molar refractivity (Wildman–Crippen MR) is 80.6 cm³/mol. The van der Waals surface area contributed by atoms with Gasteiger partial charge in [0.1, 0.15) is 15.7 Å². The second-order valence-corrected chi connectivity index (χ2v) is 6.96. The third-order valence-corrected chi connectivity index (χ3v) is 5.55. The van der Waals surface area contributed by atoms with E-state index in [1.807, 2.05) is 0 Å². The van der Waals surface area contributed by atoms with Gasteiger partial charge in [-0.15, -0.1) is 11.3 Å². The SMILES string of the molecule is COc1cc(NS(=O)(=O)c2cc(CO)cs2)cc(OC)c1. The number of nitrogens with one attached hydrogen (secondary N) is 1. The Bertz CT molecular complexity index is 702. The van der Waals surface area contributed by atoms with Crippen LogP contribution in [0.3, 0.4) is 0 Å². The number of aliphatic hydroxyl groups is 1. The third kappa shape index (κ3) is 3.66. The molecule has 1 aromatic heterocycles. The fraction of sp³-hybridized carbons (Fsp3) is 0.231. The Balaban J connectivity index is 2.31. The lowest BCUT2D eigenvalue weighted by Crippen LogP contribution is -2.11. The van der Waals surface area contributed by atoms with Gasteiger partial charge in [0.15, 0.2) is 0 Å². The molecular weight excluding hydrogens is 314 g/mol.